The molecule has 19 heavy (non-hydrogen) atoms. The molecule has 0 bridgehead atoms. The van der Waals surface area contributed by atoms with Crippen LogP contribution in [0.25, 0.3) is 0 Å². The molecule has 2 rings (SSSR count). The number of aromatic nitrogens is 1. The molecule has 2 nitrogen and oxygen atoms in total. The Balaban J connectivity index is 2.10. The molecule has 0 aliphatic heterocycles. The van der Waals surface area contributed by atoms with Gasteiger partial charge in [0.15, 0.2) is 0 Å². The van der Waals surface area contributed by atoms with Crippen LogP contribution < -0.4 is 5.32 Å². The summed E-state index contributed by atoms with van der Waals surface area (Å²) in [5, 5.41) is 3.01. The third-order valence-corrected chi connectivity index (χ3v) is 2.81. The van der Waals surface area contributed by atoms with Crippen LogP contribution in [0.5, 0.6) is 0 Å². The molecule has 1 aromatic heterocycles. The van der Waals surface area contributed by atoms with Crippen LogP contribution in [0.4, 0.5) is 18.9 Å². The number of nitrogens with one attached hydrogen (secondary N) is 1. The van der Waals surface area contributed by atoms with E-state index in [1.165, 1.54) is 6.07 Å². The smallest absolute Gasteiger partial charge is 0.380 e. The summed E-state index contributed by atoms with van der Waals surface area (Å²) in [6.07, 6.45) is -1.06. The highest BCUT2D eigenvalue weighted by Crippen LogP contribution is 2.33. The van der Waals surface area contributed by atoms with E-state index in [9.17, 15) is 13.2 Å². The Labute approximate surface area is 113 Å². The van der Waals surface area contributed by atoms with Crippen LogP contribution in [-0.2, 0) is 12.7 Å². The van der Waals surface area contributed by atoms with E-state index < -0.39 is 11.7 Å². The van der Waals surface area contributed by atoms with E-state index in [-0.39, 0.29) is 5.02 Å². The molecule has 1 N–H and O–H groups in total. The van der Waals surface area contributed by atoms with Gasteiger partial charge in [-0.15, -0.1) is 0 Å². The zero-order chi connectivity index (χ0) is 13.9. The fraction of sp³-hybridized carbons (Fsp3) is 0.154. The first-order chi connectivity index (χ1) is 8.97. The van der Waals surface area contributed by atoms with Gasteiger partial charge in [0.1, 0.15) is 0 Å². The molecule has 0 aliphatic rings. The standard InChI is InChI=1S/C13H10ClF3N2/c14-11-6-10(13(15,16)17)3-4-12(11)19-8-9-2-1-5-18-7-9/h1-7,19H,8H2. The number of halogens is 4. The molecular formula is C13H10ClF3N2. The van der Waals surface area contributed by atoms with Crippen molar-refractivity contribution in [2.75, 3.05) is 5.32 Å². The Bertz CT molecular complexity index is 556. The molecular weight excluding hydrogens is 277 g/mol. The second kappa shape index (κ2) is 5.48. The third-order valence-electron chi connectivity index (χ3n) is 2.50. The summed E-state index contributed by atoms with van der Waals surface area (Å²) < 4.78 is 37.4. The summed E-state index contributed by atoms with van der Waals surface area (Å²) in [5.74, 6) is 0. The molecule has 0 unspecified atom stereocenters. The van der Waals surface area contributed by atoms with Gasteiger partial charge < -0.3 is 5.32 Å². The number of alkyl halides is 3. The number of hydrogen-bond donors (Lipinski definition) is 1. The maximum atomic E-state index is 12.5. The normalized spacial score (nSPS) is 11.4. The first-order valence-corrected chi connectivity index (χ1v) is 5.84. The van der Waals surface area contributed by atoms with Crippen molar-refractivity contribution >= 4 is 17.3 Å². The summed E-state index contributed by atoms with van der Waals surface area (Å²) in [4.78, 5) is 3.94. The highest BCUT2D eigenvalue weighted by Gasteiger charge is 2.30. The Hall–Kier alpha value is -1.75. The zero-order valence-corrected chi connectivity index (χ0v) is 10.5. The summed E-state index contributed by atoms with van der Waals surface area (Å²) in [6, 6.07) is 6.87. The van der Waals surface area contributed by atoms with Crippen molar-refractivity contribution in [3.63, 3.8) is 0 Å². The van der Waals surface area contributed by atoms with Crippen molar-refractivity contribution in [2.24, 2.45) is 0 Å². The van der Waals surface area contributed by atoms with Gasteiger partial charge >= 0.3 is 6.18 Å². The van der Waals surface area contributed by atoms with Gasteiger partial charge in [-0.05, 0) is 29.8 Å². The monoisotopic (exact) mass is 286 g/mol. The molecule has 1 heterocycles. The molecule has 0 radical (unpaired) electrons. The highest BCUT2D eigenvalue weighted by atomic mass is 35.5. The average molecular weight is 287 g/mol. The van der Waals surface area contributed by atoms with Gasteiger partial charge in [-0.1, -0.05) is 17.7 Å². The van der Waals surface area contributed by atoms with Crippen LogP contribution >= 0.6 is 11.6 Å². The van der Waals surface area contributed by atoms with Gasteiger partial charge in [0.05, 0.1) is 16.3 Å². The summed E-state index contributed by atoms with van der Waals surface area (Å²) in [5.41, 5.74) is 0.612. The van der Waals surface area contributed by atoms with Crippen molar-refractivity contribution in [1.82, 2.24) is 4.98 Å². The lowest BCUT2D eigenvalue weighted by molar-refractivity contribution is -0.137. The van der Waals surface area contributed by atoms with Gasteiger partial charge in [0, 0.05) is 18.9 Å². The molecule has 0 fully saturated rings. The van der Waals surface area contributed by atoms with Gasteiger partial charge in [-0.2, -0.15) is 13.2 Å². The molecule has 2 aromatic rings. The topological polar surface area (TPSA) is 24.9 Å². The van der Waals surface area contributed by atoms with E-state index in [1.807, 2.05) is 6.07 Å². The molecule has 1 aromatic carbocycles. The number of benzene rings is 1. The Morgan fingerprint density at radius 2 is 2.00 bits per heavy atom. The lowest BCUT2D eigenvalue weighted by Crippen LogP contribution is -2.06. The molecule has 6 heteroatoms. The number of pyridine rings is 1. The SMILES string of the molecule is FC(F)(F)c1ccc(NCc2cccnc2)c(Cl)c1. The van der Waals surface area contributed by atoms with Crippen LogP contribution in [0.15, 0.2) is 42.7 Å². The van der Waals surface area contributed by atoms with Gasteiger partial charge in [0.2, 0.25) is 0 Å². The predicted molar refractivity (Wildman–Crippen MR) is 68.0 cm³/mol. The fourth-order valence-corrected chi connectivity index (χ4v) is 1.78. The number of anilines is 1. The molecule has 0 saturated carbocycles. The quantitative estimate of drug-likeness (QED) is 0.906. The first-order valence-electron chi connectivity index (χ1n) is 5.46. The molecule has 0 saturated heterocycles. The molecule has 0 amide bonds. The van der Waals surface area contributed by atoms with Gasteiger partial charge in [0.25, 0.3) is 0 Å². The van der Waals surface area contributed by atoms with E-state index in [4.69, 9.17) is 11.6 Å². The number of nitrogens with zero attached hydrogens (tertiary/aromatic N) is 1. The van der Waals surface area contributed by atoms with Crippen molar-refractivity contribution in [1.29, 1.82) is 0 Å². The summed E-state index contributed by atoms with van der Waals surface area (Å²) in [6.45, 7) is 0.443. The van der Waals surface area contributed by atoms with E-state index in [2.05, 4.69) is 10.3 Å². The predicted octanol–water partition coefficient (Wildman–Crippen LogP) is 4.37. The van der Waals surface area contributed by atoms with E-state index in [1.54, 1.807) is 18.5 Å². The van der Waals surface area contributed by atoms with E-state index in [0.717, 1.165) is 17.7 Å². The van der Waals surface area contributed by atoms with Crippen molar-refractivity contribution in [3.05, 3.63) is 58.9 Å². The number of hydrogen-bond acceptors (Lipinski definition) is 2. The minimum absolute atomic E-state index is 0.0405. The number of rotatable bonds is 3. The van der Waals surface area contributed by atoms with Crippen LogP contribution in [0.1, 0.15) is 11.1 Å². The highest BCUT2D eigenvalue weighted by molar-refractivity contribution is 6.33. The van der Waals surface area contributed by atoms with Crippen molar-refractivity contribution in [2.45, 2.75) is 12.7 Å². The summed E-state index contributed by atoms with van der Waals surface area (Å²) >= 11 is 5.82. The van der Waals surface area contributed by atoms with Gasteiger partial charge in [-0.25, -0.2) is 0 Å². The van der Waals surface area contributed by atoms with Crippen molar-refractivity contribution < 1.29 is 13.2 Å². The maximum absolute atomic E-state index is 12.5. The zero-order valence-electron chi connectivity index (χ0n) is 9.71. The Morgan fingerprint density at radius 3 is 2.58 bits per heavy atom. The first kappa shape index (κ1) is 13.7. The molecule has 100 valence electrons. The molecule has 0 atom stereocenters. The van der Waals surface area contributed by atoms with Crippen LogP contribution in [-0.4, -0.2) is 4.98 Å². The third kappa shape index (κ3) is 3.61. The van der Waals surface area contributed by atoms with E-state index in [0.29, 0.717) is 12.2 Å². The maximum Gasteiger partial charge on any atom is 0.416 e. The summed E-state index contributed by atoms with van der Waals surface area (Å²) in [7, 11) is 0. The van der Waals surface area contributed by atoms with Gasteiger partial charge in [-0.3, -0.25) is 4.98 Å². The van der Waals surface area contributed by atoms with Crippen LogP contribution in [0, 0.1) is 0 Å². The average Bonchev–Trinajstić information content (AvgIpc) is 2.37. The Kier molecular flexibility index (Phi) is 3.95. The lowest BCUT2D eigenvalue weighted by Gasteiger charge is -2.11. The Morgan fingerprint density at radius 1 is 1.21 bits per heavy atom. The lowest BCUT2D eigenvalue weighted by atomic mass is 10.2. The van der Waals surface area contributed by atoms with Crippen LogP contribution in [0.3, 0.4) is 0 Å². The largest absolute Gasteiger partial charge is 0.416 e. The molecule has 0 aliphatic carbocycles. The second-order valence-electron chi connectivity index (χ2n) is 3.91. The fourth-order valence-electron chi connectivity index (χ4n) is 1.53. The second-order valence-corrected chi connectivity index (χ2v) is 4.31. The van der Waals surface area contributed by atoms with E-state index >= 15 is 0 Å². The minimum Gasteiger partial charge on any atom is -0.380 e. The molecule has 0 spiro atoms. The minimum atomic E-state index is -4.38. The van der Waals surface area contributed by atoms with Crippen LogP contribution in [0.2, 0.25) is 5.02 Å². The van der Waals surface area contributed by atoms with Crippen molar-refractivity contribution in [3.8, 4) is 0 Å².